The molecule has 2 aromatic rings. The van der Waals surface area contributed by atoms with Crippen LogP contribution in [0, 0.1) is 0 Å². The molecule has 0 fully saturated rings. The van der Waals surface area contributed by atoms with Gasteiger partial charge in [0.15, 0.2) is 23.0 Å². The minimum atomic E-state index is -3.87. The number of ether oxygens (including phenoxy) is 4. The molecule has 1 heterocycles. The van der Waals surface area contributed by atoms with Crippen molar-refractivity contribution in [2.45, 2.75) is 17.4 Å². The van der Waals surface area contributed by atoms with Gasteiger partial charge in [0.1, 0.15) is 5.60 Å². The SMILES string of the molecule is COc1ccc(S(=O)(=O)NCC(C)(O)c2ccc3c(c2)OCO3)cc1OC. The van der Waals surface area contributed by atoms with E-state index in [0.717, 1.165) is 0 Å². The number of aliphatic hydroxyl groups is 1. The minimum Gasteiger partial charge on any atom is -0.493 e. The quantitative estimate of drug-likeness (QED) is 0.734. The van der Waals surface area contributed by atoms with E-state index in [1.165, 1.54) is 39.3 Å². The van der Waals surface area contributed by atoms with Crippen LogP contribution >= 0.6 is 0 Å². The Balaban J connectivity index is 1.78. The molecule has 0 radical (unpaired) electrons. The Bertz CT molecular complexity index is 941. The molecule has 1 aliphatic heterocycles. The van der Waals surface area contributed by atoms with Crippen molar-refractivity contribution < 1.29 is 32.5 Å². The number of fused-ring (bicyclic) bond motifs is 1. The van der Waals surface area contributed by atoms with Crippen LogP contribution in [0.3, 0.4) is 0 Å². The molecule has 0 amide bonds. The summed E-state index contributed by atoms with van der Waals surface area (Å²) in [5, 5.41) is 10.7. The molecule has 1 aliphatic rings. The predicted molar refractivity (Wildman–Crippen MR) is 96.9 cm³/mol. The summed E-state index contributed by atoms with van der Waals surface area (Å²) in [5.74, 6) is 1.81. The van der Waals surface area contributed by atoms with Gasteiger partial charge in [0.2, 0.25) is 16.8 Å². The van der Waals surface area contributed by atoms with Gasteiger partial charge in [-0.2, -0.15) is 0 Å². The Hall–Kier alpha value is -2.49. The smallest absolute Gasteiger partial charge is 0.240 e. The third-order valence-electron chi connectivity index (χ3n) is 4.27. The third kappa shape index (κ3) is 3.95. The lowest BCUT2D eigenvalue weighted by Crippen LogP contribution is -2.38. The molecule has 0 aromatic heterocycles. The van der Waals surface area contributed by atoms with Gasteiger partial charge in [-0.05, 0) is 36.8 Å². The summed E-state index contributed by atoms with van der Waals surface area (Å²) in [6.07, 6.45) is 0. The zero-order valence-corrected chi connectivity index (χ0v) is 16.0. The molecule has 0 saturated heterocycles. The minimum absolute atomic E-state index is 0.00152. The monoisotopic (exact) mass is 395 g/mol. The van der Waals surface area contributed by atoms with Gasteiger partial charge in [0.25, 0.3) is 0 Å². The Morgan fingerprint density at radius 2 is 1.78 bits per heavy atom. The highest BCUT2D eigenvalue weighted by atomic mass is 32.2. The largest absolute Gasteiger partial charge is 0.493 e. The van der Waals surface area contributed by atoms with Crippen LogP contribution in [0.25, 0.3) is 0 Å². The van der Waals surface area contributed by atoms with Gasteiger partial charge in [-0.3, -0.25) is 0 Å². The molecule has 1 atom stereocenters. The maximum Gasteiger partial charge on any atom is 0.240 e. The zero-order valence-electron chi connectivity index (χ0n) is 15.2. The Labute approximate surface area is 157 Å². The Morgan fingerprint density at radius 3 is 2.48 bits per heavy atom. The van der Waals surface area contributed by atoms with E-state index in [1.807, 2.05) is 0 Å². The summed E-state index contributed by atoms with van der Waals surface area (Å²) in [5.41, 5.74) is -0.952. The van der Waals surface area contributed by atoms with Crippen molar-refractivity contribution in [3.63, 3.8) is 0 Å². The van der Waals surface area contributed by atoms with Crippen LogP contribution in [0.4, 0.5) is 0 Å². The number of benzene rings is 2. The molecule has 0 saturated carbocycles. The van der Waals surface area contributed by atoms with E-state index in [0.29, 0.717) is 28.6 Å². The average molecular weight is 395 g/mol. The number of rotatable bonds is 7. The molecule has 0 bridgehead atoms. The third-order valence-corrected chi connectivity index (χ3v) is 5.67. The standard InChI is InChI=1S/C18H21NO7S/c1-18(20,12-4-6-15-17(8-12)26-11-25-15)10-19-27(21,22)13-5-7-14(23-2)16(9-13)24-3/h4-9,19-20H,10-11H2,1-3H3. The van der Waals surface area contributed by atoms with Crippen LogP contribution in [-0.2, 0) is 15.6 Å². The van der Waals surface area contributed by atoms with Gasteiger partial charge in [-0.25, -0.2) is 13.1 Å². The van der Waals surface area contributed by atoms with E-state index < -0.39 is 15.6 Å². The molecule has 9 heteroatoms. The van der Waals surface area contributed by atoms with E-state index in [4.69, 9.17) is 18.9 Å². The molecular formula is C18H21NO7S. The number of nitrogens with one attached hydrogen (secondary N) is 1. The maximum atomic E-state index is 12.6. The van der Waals surface area contributed by atoms with Crippen LogP contribution in [0.1, 0.15) is 12.5 Å². The highest BCUT2D eigenvalue weighted by Crippen LogP contribution is 2.36. The van der Waals surface area contributed by atoms with Gasteiger partial charge in [0, 0.05) is 12.6 Å². The summed E-state index contributed by atoms with van der Waals surface area (Å²) in [6.45, 7) is 1.40. The number of hydrogen-bond acceptors (Lipinski definition) is 7. The highest BCUT2D eigenvalue weighted by Gasteiger charge is 2.28. The van der Waals surface area contributed by atoms with Crippen LogP contribution in [-0.4, -0.2) is 41.1 Å². The first-order valence-electron chi connectivity index (χ1n) is 8.11. The maximum absolute atomic E-state index is 12.6. The van der Waals surface area contributed by atoms with Crippen LogP contribution in [0.15, 0.2) is 41.3 Å². The number of hydrogen-bond donors (Lipinski definition) is 2. The topological polar surface area (TPSA) is 103 Å². The summed E-state index contributed by atoms with van der Waals surface area (Å²) < 4.78 is 48.4. The van der Waals surface area contributed by atoms with Crippen LogP contribution in [0.5, 0.6) is 23.0 Å². The Morgan fingerprint density at radius 1 is 1.07 bits per heavy atom. The second-order valence-corrected chi connectivity index (χ2v) is 7.95. The van der Waals surface area contributed by atoms with Crippen LogP contribution in [0.2, 0.25) is 0 Å². The van der Waals surface area contributed by atoms with Crippen molar-refractivity contribution in [3.05, 3.63) is 42.0 Å². The van der Waals surface area contributed by atoms with E-state index in [1.54, 1.807) is 18.2 Å². The molecule has 3 rings (SSSR count). The van der Waals surface area contributed by atoms with Crippen LogP contribution < -0.4 is 23.7 Å². The molecule has 146 valence electrons. The molecule has 27 heavy (non-hydrogen) atoms. The molecular weight excluding hydrogens is 374 g/mol. The average Bonchev–Trinajstić information content (AvgIpc) is 3.13. The summed E-state index contributed by atoms with van der Waals surface area (Å²) in [6, 6.07) is 9.24. The van der Waals surface area contributed by atoms with Gasteiger partial charge in [0.05, 0.1) is 19.1 Å². The van der Waals surface area contributed by atoms with Crippen molar-refractivity contribution in [2.75, 3.05) is 27.6 Å². The van der Waals surface area contributed by atoms with Gasteiger partial charge in [-0.15, -0.1) is 0 Å². The first-order chi connectivity index (χ1) is 12.8. The van der Waals surface area contributed by atoms with Crippen molar-refractivity contribution >= 4 is 10.0 Å². The summed E-state index contributed by atoms with van der Waals surface area (Å²) in [7, 11) is -0.984. The zero-order chi connectivity index (χ0) is 19.7. The van der Waals surface area contributed by atoms with E-state index >= 15 is 0 Å². The fraction of sp³-hybridized carbons (Fsp3) is 0.333. The van der Waals surface area contributed by atoms with Gasteiger partial charge in [-0.1, -0.05) is 6.07 Å². The summed E-state index contributed by atoms with van der Waals surface area (Å²) in [4.78, 5) is 0.00152. The molecule has 2 aromatic carbocycles. The molecule has 1 unspecified atom stereocenters. The van der Waals surface area contributed by atoms with Crippen molar-refractivity contribution in [2.24, 2.45) is 0 Å². The Kier molecular flexibility index (Phi) is 5.18. The molecule has 0 spiro atoms. The lowest BCUT2D eigenvalue weighted by atomic mass is 9.96. The normalized spacial score (nSPS) is 15.3. The predicted octanol–water partition coefficient (Wildman–Crippen LogP) is 1.62. The van der Waals surface area contributed by atoms with Crippen molar-refractivity contribution in [1.82, 2.24) is 4.72 Å². The fourth-order valence-corrected chi connectivity index (χ4v) is 3.78. The summed E-state index contributed by atoms with van der Waals surface area (Å²) >= 11 is 0. The van der Waals surface area contributed by atoms with E-state index in [-0.39, 0.29) is 18.2 Å². The number of methoxy groups -OCH3 is 2. The van der Waals surface area contributed by atoms with E-state index in [2.05, 4.69) is 4.72 Å². The lowest BCUT2D eigenvalue weighted by molar-refractivity contribution is 0.0625. The first-order valence-corrected chi connectivity index (χ1v) is 9.59. The first kappa shape index (κ1) is 19.3. The van der Waals surface area contributed by atoms with Crippen molar-refractivity contribution in [1.29, 1.82) is 0 Å². The second-order valence-electron chi connectivity index (χ2n) is 6.18. The highest BCUT2D eigenvalue weighted by molar-refractivity contribution is 7.89. The lowest BCUT2D eigenvalue weighted by Gasteiger charge is -2.24. The van der Waals surface area contributed by atoms with Gasteiger partial charge < -0.3 is 24.1 Å². The molecule has 2 N–H and O–H groups in total. The van der Waals surface area contributed by atoms with Crippen molar-refractivity contribution in [3.8, 4) is 23.0 Å². The number of sulfonamides is 1. The van der Waals surface area contributed by atoms with E-state index in [9.17, 15) is 13.5 Å². The fourth-order valence-electron chi connectivity index (χ4n) is 2.64. The van der Waals surface area contributed by atoms with Gasteiger partial charge >= 0.3 is 0 Å². The molecule has 8 nitrogen and oxygen atoms in total. The second kappa shape index (κ2) is 7.26. The molecule has 0 aliphatic carbocycles.